The van der Waals surface area contributed by atoms with E-state index in [4.69, 9.17) is 4.74 Å². The maximum atomic E-state index is 12.5. The lowest BCUT2D eigenvalue weighted by Crippen LogP contribution is -2.50. The van der Waals surface area contributed by atoms with E-state index in [1.807, 2.05) is 25.1 Å². The fourth-order valence-corrected chi connectivity index (χ4v) is 3.82. The molecule has 0 spiro atoms. The number of urea groups is 1. The van der Waals surface area contributed by atoms with E-state index in [1.165, 1.54) is 5.56 Å². The van der Waals surface area contributed by atoms with Gasteiger partial charge in [0, 0.05) is 26.2 Å². The Morgan fingerprint density at radius 1 is 1.26 bits per heavy atom. The van der Waals surface area contributed by atoms with Gasteiger partial charge < -0.3 is 20.1 Å². The van der Waals surface area contributed by atoms with Crippen LogP contribution in [-0.4, -0.2) is 48.2 Å². The lowest BCUT2D eigenvalue weighted by Gasteiger charge is -2.35. The Morgan fingerprint density at radius 2 is 2.00 bits per heavy atom. The van der Waals surface area contributed by atoms with Crippen LogP contribution in [-0.2, 0) is 16.1 Å². The van der Waals surface area contributed by atoms with Gasteiger partial charge in [-0.25, -0.2) is 4.79 Å². The van der Waals surface area contributed by atoms with E-state index in [9.17, 15) is 14.7 Å². The predicted octanol–water partition coefficient (Wildman–Crippen LogP) is 3.13. The molecule has 2 fully saturated rings. The normalized spacial score (nSPS) is 23.7. The molecule has 1 aromatic rings. The summed E-state index contributed by atoms with van der Waals surface area (Å²) in [7, 11) is 0. The van der Waals surface area contributed by atoms with Gasteiger partial charge in [0.2, 0.25) is 0 Å². The maximum absolute atomic E-state index is 12.5. The van der Waals surface area contributed by atoms with Gasteiger partial charge >= 0.3 is 12.0 Å². The van der Waals surface area contributed by atoms with Crippen LogP contribution in [0.4, 0.5) is 4.79 Å². The quantitative estimate of drug-likeness (QED) is 0.685. The third kappa shape index (κ3) is 5.70. The third-order valence-corrected chi connectivity index (χ3v) is 5.76. The van der Waals surface area contributed by atoms with E-state index in [1.54, 1.807) is 4.90 Å². The van der Waals surface area contributed by atoms with Crippen molar-refractivity contribution in [3.05, 3.63) is 35.9 Å². The molecule has 6 nitrogen and oxygen atoms in total. The number of hydrogen-bond acceptors (Lipinski definition) is 3. The monoisotopic (exact) mass is 374 g/mol. The van der Waals surface area contributed by atoms with Crippen LogP contribution in [0.5, 0.6) is 0 Å². The lowest BCUT2D eigenvalue weighted by atomic mass is 9.91. The summed E-state index contributed by atoms with van der Waals surface area (Å²) < 4.78 is 5.78. The van der Waals surface area contributed by atoms with Crippen molar-refractivity contribution in [3.8, 4) is 0 Å². The zero-order chi connectivity index (χ0) is 19.3. The SMILES string of the molecule is CC1CC(C(=O)O)CN(C(=O)NCC2(CCOCc3ccccc3)CC2)C1. The van der Waals surface area contributed by atoms with Gasteiger partial charge in [0.1, 0.15) is 0 Å². The second-order valence-electron chi connectivity index (χ2n) is 8.23. The number of aliphatic carboxylic acids is 1. The summed E-state index contributed by atoms with van der Waals surface area (Å²) in [6.07, 6.45) is 3.79. The Balaban J connectivity index is 1.38. The zero-order valence-electron chi connectivity index (χ0n) is 16.0. The second kappa shape index (κ2) is 8.74. The van der Waals surface area contributed by atoms with Crippen LogP contribution in [0.1, 0.15) is 38.2 Å². The lowest BCUT2D eigenvalue weighted by molar-refractivity contribution is -0.143. The van der Waals surface area contributed by atoms with E-state index in [2.05, 4.69) is 17.4 Å². The van der Waals surface area contributed by atoms with Crippen LogP contribution >= 0.6 is 0 Å². The number of carbonyl (C=O) groups is 2. The molecule has 2 amide bonds. The minimum Gasteiger partial charge on any atom is -0.481 e. The first-order valence-corrected chi connectivity index (χ1v) is 9.85. The minimum absolute atomic E-state index is 0.135. The number of carboxylic acids is 1. The number of likely N-dealkylation sites (tertiary alicyclic amines) is 1. The molecule has 1 heterocycles. The highest BCUT2D eigenvalue weighted by atomic mass is 16.5. The molecule has 0 aromatic heterocycles. The van der Waals surface area contributed by atoms with Crippen molar-refractivity contribution < 1.29 is 19.4 Å². The molecule has 1 saturated heterocycles. The van der Waals surface area contributed by atoms with Crippen LogP contribution in [0.25, 0.3) is 0 Å². The Hall–Kier alpha value is -2.08. The van der Waals surface area contributed by atoms with Gasteiger partial charge in [-0.1, -0.05) is 37.3 Å². The molecule has 0 bridgehead atoms. The molecule has 2 atom stereocenters. The Morgan fingerprint density at radius 3 is 2.67 bits per heavy atom. The zero-order valence-corrected chi connectivity index (χ0v) is 16.0. The van der Waals surface area contributed by atoms with Crippen molar-refractivity contribution in [1.82, 2.24) is 10.2 Å². The van der Waals surface area contributed by atoms with Gasteiger partial charge in [-0.15, -0.1) is 0 Å². The first kappa shape index (κ1) is 19.7. The number of benzene rings is 1. The molecule has 1 aromatic carbocycles. The van der Waals surface area contributed by atoms with Gasteiger partial charge in [-0.2, -0.15) is 0 Å². The molecular formula is C21H30N2O4. The predicted molar refractivity (Wildman–Crippen MR) is 102 cm³/mol. The molecule has 2 N–H and O–H groups in total. The Bertz CT molecular complexity index is 645. The molecular weight excluding hydrogens is 344 g/mol. The molecule has 6 heteroatoms. The van der Waals surface area contributed by atoms with Crippen molar-refractivity contribution in [2.75, 3.05) is 26.2 Å². The highest BCUT2D eigenvalue weighted by Gasteiger charge is 2.42. The van der Waals surface area contributed by atoms with Crippen LogP contribution in [0.3, 0.4) is 0 Å². The molecule has 0 radical (unpaired) electrons. The number of nitrogens with one attached hydrogen (secondary N) is 1. The Labute approximate surface area is 160 Å². The van der Waals surface area contributed by atoms with E-state index >= 15 is 0 Å². The highest BCUT2D eigenvalue weighted by molar-refractivity contribution is 5.76. The first-order chi connectivity index (χ1) is 13.0. The molecule has 1 aliphatic carbocycles. The number of hydrogen-bond donors (Lipinski definition) is 2. The van der Waals surface area contributed by atoms with Gasteiger partial charge in [0.25, 0.3) is 0 Å². The topological polar surface area (TPSA) is 78.9 Å². The average molecular weight is 374 g/mol. The molecule has 148 valence electrons. The summed E-state index contributed by atoms with van der Waals surface area (Å²) in [6.45, 7) is 4.88. The molecule has 2 unspecified atom stereocenters. The molecule has 1 saturated carbocycles. The number of amides is 2. The number of rotatable bonds is 8. The number of piperidine rings is 1. The largest absolute Gasteiger partial charge is 0.481 e. The maximum Gasteiger partial charge on any atom is 0.317 e. The fourth-order valence-electron chi connectivity index (χ4n) is 3.82. The summed E-state index contributed by atoms with van der Waals surface area (Å²) in [5.74, 6) is -1.05. The highest BCUT2D eigenvalue weighted by Crippen LogP contribution is 2.48. The smallest absolute Gasteiger partial charge is 0.317 e. The summed E-state index contributed by atoms with van der Waals surface area (Å²) in [5.41, 5.74) is 1.32. The van der Waals surface area contributed by atoms with Crippen LogP contribution in [0.15, 0.2) is 30.3 Å². The third-order valence-electron chi connectivity index (χ3n) is 5.76. The van der Waals surface area contributed by atoms with E-state index in [0.29, 0.717) is 39.3 Å². The van der Waals surface area contributed by atoms with Gasteiger partial charge in [0.05, 0.1) is 12.5 Å². The molecule has 1 aliphatic heterocycles. The number of nitrogens with zero attached hydrogens (tertiary/aromatic N) is 1. The van der Waals surface area contributed by atoms with Crippen molar-refractivity contribution in [1.29, 1.82) is 0 Å². The Kier molecular flexibility index (Phi) is 6.37. The second-order valence-corrected chi connectivity index (χ2v) is 8.23. The summed E-state index contributed by atoms with van der Waals surface area (Å²) in [4.78, 5) is 25.4. The van der Waals surface area contributed by atoms with Crippen LogP contribution in [0.2, 0.25) is 0 Å². The first-order valence-electron chi connectivity index (χ1n) is 9.85. The fraction of sp³-hybridized carbons (Fsp3) is 0.619. The van der Waals surface area contributed by atoms with E-state index in [0.717, 1.165) is 19.3 Å². The minimum atomic E-state index is -0.812. The van der Waals surface area contributed by atoms with Crippen molar-refractivity contribution >= 4 is 12.0 Å². The molecule has 27 heavy (non-hydrogen) atoms. The van der Waals surface area contributed by atoms with Crippen molar-refractivity contribution in [3.63, 3.8) is 0 Å². The van der Waals surface area contributed by atoms with Gasteiger partial charge in [-0.05, 0) is 42.6 Å². The average Bonchev–Trinajstić information content (AvgIpc) is 3.44. The van der Waals surface area contributed by atoms with Crippen molar-refractivity contribution in [2.24, 2.45) is 17.3 Å². The molecule has 2 aliphatic rings. The van der Waals surface area contributed by atoms with Gasteiger partial charge in [0.15, 0.2) is 0 Å². The van der Waals surface area contributed by atoms with E-state index < -0.39 is 11.9 Å². The van der Waals surface area contributed by atoms with Crippen LogP contribution < -0.4 is 5.32 Å². The number of ether oxygens (including phenoxy) is 1. The number of carboxylic acid groups (broad SMARTS) is 1. The van der Waals surface area contributed by atoms with Crippen LogP contribution in [0, 0.1) is 17.3 Å². The summed E-state index contributed by atoms with van der Waals surface area (Å²) in [5, 5.41) is 12.3. The molecule has 3 rings (SSSR count). The van der Waals surface area contributed by atoms with Gasteiger partial charge in [-0.3, -0.25) is 4.79 Å². The summed E-state index contributed by atoms with van der Waals surface area (Å²) >= 11 is 0. The summed E-state index contributed by atoms with van der Waals surface area (Å²) in [6, 6.07) is 9.98. The number of carbonyl (C=O) groups excluding carboxylic acids is 1. The van der Waals surface area contributed by atoms with Crippen molar-refractivity contribution in [2.45, 2.75) is 39.2 Å². The van der Waals surface area contributed by atoms with E-state index in [-0.39, 0.29) is 17.4 Å². The standard InChI is InChI=1S/C21H30N2O4/c1-16-11-18(19(24)25)13-23(12-16)20(26)22-15-21(7-8-21)9-10-27-14-17-5-3-2-4-6-17/h2-6,16,18H,7-15H2,1H3,(H,22,26)(H,24,25).